The lowest BCUT2D eigenvalue weighted by atomic mass is 10.0. The van der Waals surface area contributed by atoms with E-state index in [1.807, 2.05) is 19.2 Å². The van der Waals surface area contributed by atoms with Crippen molar-refractivity contribution in [3.63, 3.8) is 0 Å². The number of rotatable bonds is 2. The van der Waals surface area contributed by atoms with Crippen LogP contribution in [0.25, 0.3) is 0 Å². The van der Waals surface area contributed by atoms with E-state index in [9.17, 15) is 22.8 Å². The van der Waals surface area contributed by atoms with Crippen LogP contribution in [0.1, 0.15) is 41.0 Å². The monoisotopic (exact) mass is 324 g/mol. The first kappa shape index (κ1) is 18.6. The van der Waals surface area contributed by atoms with E-state index in [0.29, 0.717) is 6.42 Å². The predicted octanol–water partition coefficient (Wildman–Crippen LogP) is 2.70. The Morgan fingerprint density at radius 2 is 1.77 bits per heavy atom. The number of ether oxygens (including phenoxy) is 1. The Balaban J connectivity index is 2.75. The van der Waals surface area contributed by atoms with Gasteiger partial charge in [-0.15, -0.1) is 0 Å². The quantitative estimate of drug-likeness (QED) is 0.849. The summed E-state index contributed by atoms with van der Waals surface area (Å²) in [5.74, 6) is -1.89. The normalized spacial score (nSPS) is 26.0. The van der Waals surface area contributed by atoms with Crippen LogP contribution in [0, 0.1) is 5.92 Å². The van der Waals surface area contributed by atoms with Crippen molar-refractivity contribution in [2.75, 3.05) is 6.54 Å². The summed E-state index contributed by atoms with van der Waals surface area (Å²) in [4.78, 5) is 24.6. The molecule has 8 heteroatoms. The standard InChI is InChI=1S/C14H23F3N2O3/c1-8-6-10(7-18-11(20)14(15,16)17)19(9(8)2)12(21)22-13(3,4)5/h8-10H,6-7H2,1-5H3,(H,18,20)/t8-,9?,10-/m0/s1. The van der Waals surface area contributed by atoms with Crippen molar-refractivity contribution in [3.8, 4) is 0 Å². The van der Waals surface area contributed by atoms with Crippen molar-refractivity contribution < 1.29 is 27.5 Å². The maximum atomic E-state index is 12.2. The topological polar surface area (TPSA) is 58.6 Å². The molecule has 1 unspecified atom stereocenters. The van der Waals surface area contributed by atoms with Crippen molar-refractivity contribution in [2.45, 2.75) is 64.9 Å². The predicted molar refractivity (Wildman–Crippen MR) is 74.2 cm³/mol. The number of carbonyl (C=O) groups is 2. The van der Waals surface area contributed by atoms with Crippen LogP contribution in [0.4, 0.5) is 18.0 Å². The molecule has 1 N–H and O–H groups in total. The molecule has 0 bridgehead atoms. The average molecular weight is 324 g/mol. The molecule has 0 aromatic rings. The van der Waals surface area contributed by atoms with Crippen LogP contribution in [0.15, 0.2) is 0 Å². The van der Waals surface area contributed by atoms with Gasteiger partial charge in [0, 0.05) is 12.6 Å². The Bertz CT molecular complexity index is 432. The summed E-state index contributed by atoms with van der Waals surface area (Å²) in [6.45, 7) is 8.64. The van der Waals surface area contributed by atoms with Gasteiger partial charge in [0.2, 0.25) is 0 Å². The van der Waals surface area contributed by atoms with Crippen LogP contribution in [-0.2, 0) is 9.53 Å². The zero-order valence-corrected chi connectivity index (χ0v) is 13.5. The lowest BCUT2D eigenvalue weighted by molar-refractivity contribution is -0.173. The first-order valence-electron chi connectivity index (χ1n) is 7.19. The number of halogens is 3. The van der Waals surface area contributed by atoms with Crippen molar-refractivity contribution in [1.82, 2.24) is 10.2 Å². The van der Waals surface area contributed by atoms with Gasteiger partial charge in [-0.3, -0.25) is 4.79 Å². The molecule has 2 amide bonds. The molecule has 1 rings (SSSR count). The van der Waals surface area contributed by atoms with Crippen molar-refractivity contribution in [2.24, 2.45) is 5.92 Å². The Kier molecular flexibility index (Phi) is 5.35. The number of hydrogen-bond acceptors (Lipinski definition) is 3. The summed E-state index contributed by atoms with van der Waals surface area (Å²) in [6, 6.07) is -0.672. The first-order valence-corrected chi connectivity index (χ1v) is 7.19. The Hall–Kier alpha value is -1.47. The van der Waals surface area contributed by atoms with Gasteiger partial charge in [-0.05, 0) is 40.0 Å². The second-order valence-corrected chi connectivity index (χ2v) is 6.70. The van der Waals surface area contributed by atoms with Gasteiger partial charge in [-0.1, -0.05) is 6.92 Å². The highest BCUT2D eigenvalue weighted by Gasteiger charge is 2.43. The lowest BCUT2D eigenvalue weighted by Gasteiger charge is -2.31. The smallest absolute Gasteiger partial charge is 0.444 e. The van der Waals surface area contributed by atoms with Gasteiger partial charge in [0.1, 0.15) is 5.60 Å². The van der Waals surface area contributed by atoms with Crippen molar-refractivity contribution in [3.05, 3.63) is 0 Å². The summed E-state index contributed by atoms with van der Waals surface area (Å²) in [5.41, 5.74) is -0.692. The molecule has 0 aromatic carbocycles. The fourth-order valence-corrected chi connectivity index (χ4v) is 2.47. The molecule has 0 aliphatic carbocycles. The van der Waals surface area contributed by atoms with Gasteiger partial charge in [0.15, 0.2) is 0 Å². The summed E-state index contributed by atoms with van der Waals surface area (Å²) in [5, 5.41) is 1.84. The molecular weight excluding hydrogens is 301 g/mol. The van der Waals surface area contributed by atoms with Crippen LogP contribution in [-0.4, -0.2) is 47.3 Å². The summed E-state index contributed by atoms with van der Waals surface area (Å²) in [7, 11) is 0. The van der Waals surface area contributed by atoms with E-state index < -0.39 is 29.8 Å². The van der Waals surface area contributed by atoms with E-state index in [4.69, 9.17) is 4.74 Å². The first-order chi connectivity index (χ1) is 9.83. The van der Waals surface area contributed by atoms with E-state index in [1.54, 1.807) is 20.8 Å². The Morgan fingerprint density at radius 1 is 1.23 bits per heavy atom. The SMILES string of the molecule is CC1[C@@H](C)C[C@@H](CNC(=O)C(F)(F)F)N1C(=O)OC(C)(C)C. The maximum absolute atomic E-state index is 12.2. The number of hydrogen-bond donors (Lipinski definition) is 1. The molecule has 1 heterocycles. The fourth-order valence-electron chi connectivity index (χ4n) is 2.47. The van der Waals surface area contributed by atoms with Gasteiger partial charge in [-0.25, -0.2) is 4.79 Å². The highest BCUT2D eigenvalue weighted by atomic mass is 19.4. The number of nitrogens with one attached hydrogen (secondary N) is 1. The Morgan fingerprint density at radius 3 is 2.23 bits per heavy atom. The highest BCUT2D eigenvalue weighted by Crippen LogP contribution is 2.31. The van der Waals surface area contributed by atoms with Gasteiger partial charge in [-0.2, -0.15) is 13.2 Å². The number of likely N-dealkylation sites (tertiary alicyclic amines) is 1. The van der Waals surface area contributed by atoms with Crippen LogP contribution in [0.5, 0.6) is 0 Å². The minimum Gasteiger partial charge on any atom is -0.444 e. The molecule has 5 nitrogen and oxygen atoms in total. The van der Waals surface area contributed by atoms with E-state index in [1.165, 1.54) is 4.90 Å². The molecule has 1 saturated heterocycles. The summed E-state index contributed by atoms with van der Waals surface area (Å²) < 4.78 is 42.0. The lowest BCUT2D eigenvalue weighted by Crippen LogP contribution is -2.49. The molecule has 0 saturated carbocycles. The minimum absolute atomic E-state index is 0.111. The molecule has 22 heavy (non-hydrogen) atoms. The van der Waals surface area contributed by atoms with Gasteiger partial charge in [0.05, 0.1) is 6.04 Å². The van der Waals surface area contributed by atoms with Gasteiger partial charge in [0.25, 0.3) is 0 Å². The van der Waals surface area contributed by atoms with E-state index in [2.05, 4.69) is 0 Å². The van der Waals surface area contributed by atoms with E-state index in [-0.39, 0.29) is 18.5 Å². The molecule has 1 aliphatic rings. The fraction of sp³-hybridized carbons (Fsp3) is 0.857. The molecular formula is C14H23F3N2O3. The molecule has 0 aromatic heterocycles. The highest BCUT2D eigenvalue weighted by molar-refractivity contribution is 5.81. The summed E-state index contributed by atoms with van der Waals surface area (Å²) >= 11 is 0. The average Bonchev–Trinajstić information content (AvgIpc) is 2.58. The van der Waals surface area contributed by atoms with Crippen LogP contribution >= 0.6 is 0 Å². The number of alkyl halides is 3. The van der Waals surface area contributed by atoms with Gasteiger partial charge >= 0.3 is 18.2 Å². The zero-order valence-electron chi connectivity index (χ0n) is 13.5. The molecule has 0 radical (unpaired) electrons. The van der Waals surface area contributed by atoms with Gasteiger partial charge < -0.3 is 15.0 Å². The third-order valence-electron chi connectivity index (χ3n) is 3.66. The summed E-state index contributed by atoms with van der Waals surface area (Å²) in [6.07, 6.45) is -4.99. The molecule has 128 valence electrons. The molecule has 0 spiro atoms. The third kappa shape index (κ3) is 4.78. The van der Waals surface area contributed by atoms with E-state index in [0.717, 1.165) is 0 Å². The molecule has 3 atom stereocenters. The van der Waals surface area contributed by atoms with Crippen molar-refractivity contribution >= 4 is 12.0 Å². The minimum atomic E-state index is -4.92. The van der Waals surface area contributed by atoms with Crippen molar-refractivity contribution in [1.29, 1.82) is 0 Å². The molecule has 1 fully saturated rings. The van der Waals surface area contributed by atoms with Crippen LogP contribution < -0.4 is 5.32 Å². The van der Waals surface area contributed by atoms with E-state index >= 15 is 0 Å². The maximum Gasteiger partial charge on any atom is 0.471 e. The second kappa shape index (κ2) is 6.34. The second-order valence-electron chi connectivity index (χ2n) is 6.70. The number of nitrogens with zero attached hydrogens (tertiary/aromatic N) is 1. The Labute approximate surface area is 128 Å². The zero-order chi connectivity index (χ0) is 17.3. The number of carbonyl (C=O) groups excluding carboxylic acids is 2. The van der Waals surface area contributed by atoms with Crippen LogP contribution in [0.3, 0.4) is 0 Å². The van der Waals surface area contributed by atoms with Crippen LogP contribution in [0.2, 0.25) is 0 Å². The number of amides is 2. The third-order valence-corrected chi connectivity index (χ3v) is 3.66. The largest absolute Gasteiger partial charge is 0.471 e. The molecule has 1 aliphatic heterocycles.